The molecule has 0 amide bonds. The van der Waals surface area contributed by atoms with Gasteiger partial charge in [-0.1, -0.05) is 39.0 Å². The van der Waals surface area contributed by atoms with Crippen molar-refractivity contribution >= 4 is 0 Å². The maximum Gasteiger partial charge on any atom is 0.0270 e. The predicted octanol–water partition coefficient (Wildman–Crippen LogP) is 3.87. The number of pyridine rings is 1. The quantitative estimate of drug-likeness (QED) is 0.856. The summed E-state index contributed by atoms with van der Waals surface area (Å²) in [6.45, 7) is 2.24. The molecule has 0 bridgehead atoms. The van der Waals surface area contributed by atoms with E-state index in [4.69, 9.17) is 5.73 Å². The van der Waals surface area contributed by atoms with Crippen molar-refractivity contribution in [3.05, 3.63) is 30.1 Å². The summed E-state index contributed by atoms with van der Waals surface area (Å²) in [4.78, 5) is 4.07. The molecule has 0 aromatic carbocycles. The zero-order chi connectivity index (χ0) is 12.8. The van der Waals surface area contributed by atoms with Crippen molar-refractivity contribution in [3.63, 3.8) is 0 Å². The van der Waals surface area contributed by atoms with Crippen molar-refractivity contribution < 1.29 is 0 Å². The van der Waals surface area contributed by atoms with Crippen molar-refractivity contribution in [3.8, 4) is 0 Å². The van der Waals surface area contributed by atoms with E-state index in [1.54, 1.807) is 0 Å². The van der Waals surface area contributed by atoms with Crippen molar-refractivity contribution in [2.45, 2.75) is 63.8 Å². The van der Waals surface area contributed by atoms with Crippen LogP contribution in [-0.4, -0.2) is 11.0 Å². The fourth-order valence-electron chi connectivity index (χ4n) is 3.07. The molecule has 2 N–H and O–H groups in total. The summed E-state index contributed by atoms with van der Waals surface area (Å²) >= 11 is 0. The summed E-state index contributed by atoms with van der Waals surface area (Å²) in [5.74, 6) is 1.38. The van der Waals surface area contributed by atoms with Gasteiger partial charge >= 0.3 is 0 Å². The first-order chi connectivity index (χ1) is 8.77. The second kappa shape index (κ2) is 6.89. The number of nitrogens with two attached hydrogens (primary N) is 1. The number of aromatic nitrogens is 1. The Morgan fingerprint density at radius 2 is 1.89 bits per heavy atom. The largest absolute Gasteiger partial charge is 0.327 e. The van der Waals surface area contributed by atoms with Crippen LogP contribution in [0.25, 0.3) is 0 Å². The molecule has 1 heterocycles. The molecule has 1 aliphatic carbocycles. The summed E-state index contributed by atoms with van der Waals surface area (Å²) < 4.78 is 0. The molecule has 0 spiro atoms. The molecule has 2 atom stereocenters. The third-order valence-corrected chi connectivity index (χ3v) is 4.51. The Labute approximate surface area is 111 Å². The molecule has 100 valence electrons. The van der Waals surface area contributed by atoms with Gasteiger partial charge in [0.05, 0.1) is 0 Å². The smallest absolute Gasteiger partial charge is 0.0270 e. The van der Waals surface area contributed by atoms with Crippen molar-refractivity contribution in [1.82, 2.24) is 4.98 Å². The van der Waals surface area contributed by atoms with Crippen LogP contribution in [0.5, 0.6) is 0 Å². The van der Waals surface area contributed by atoms with Crippen LogP contribution < -0.4 is 5.73 Å². The van der Waals surface area contributed by atoms with Crippen molar-refractivity contribution in [2.75, 3.05) is 0 Å². The lowest BCUT2D eigenvalue weighted by molar-refractivity contribution is 0.317. The first-order valence-electron chi connectivity index (χ1n) is 7.43. The van der Waals surface area contributed by atoms with E-state index < -0.39 is 0 Å². The Morgan fingerprint density at radius 3 is 2.56 bits per heavy atom. The molecule has 2 unspecified atom stereocenters. The zero-order valence-corrected chi connectivity index (χ0v) is 11.5. The van der Waals surface area contributed by atoms with Crippen LogP contribution in [0, 0.1) is 5.92 Å². The van der Waals surface area contributed by atoms with E-state index in [2.05, 4.69) is 24.0 Å². The van der Waals surface area contributed by atoms with Crippen LogP contribution >= 0.6 is 0 Å². The van der Waals surface area contributed by atoms with E-state index in [0.717, 1.165) is 12.3 Å². The summed E-state index contributed by atoms with van der Waals surface area (Å²) in [6.07, 6.45) is 13.4. The minimum Gasteiger partial charge on any atom is -0.327 e. The summed E-state index contributed by atoms with van der Waals surface area (Å²) in [5, 5.41) is 0. The normalized spacial score (nSPS) is 20.6. The minimum atomic E-state index is 0.286. The molecule has 1 aromatic rings. The molecular formula is C16H26N2. The van der Waals surface area contributed by atoms with Crippen LogP contribution in [0.15, 0.2) is 24.5 Å². The molecular weight excluding hydrogens is 220 g/mol. The highest BCUT2D eigenvalue weighted by molar-refractivity contribution is 5.16. The lowest BCUT2D eigenvalue weighted by Gasteiger charge is -2.25. The van der Waals surface area contributed by atoms with Gasteiger partial charge in [-0.2, -0.15) is 0 Å². The van der Waals surface area contributed by atoms with Gasteiger partial charge in [0.25, 0.3) is 0 Å². The Hall–Kier alpha value is -0.890. The topological polar surface area (TPSA) is 38.9 Å². The Kier molecular flexibility index (Phi) is 5.18. The molecule has 0 saturated heterocycles. The SMILES string of the molecule is CC(c1ccncc1)C(N)CCC1CCCCC1. The molecule has 1 aliphatic rings. The highest BCUT2D eigenvalue weighted by Gasteiger charge is 2.18. The van der Waals surface area contributed by atoms with Gasteiger partial charge in [0.1, 0.15) is 0 Å². The zero-order valence-electron chi connectivity index (χ0n) is 11.5. The predicted molar refractivity (Wildman–Crippen MR) is 76.4 cm³/mol. The fourth-order valence-corrected chi connectivity index (χ4v) is 3.07. The second-order valence-corrected chi connectivity index (χ2v) is 5.81. The van der Waals surface area contributed by atoms with Gasteiger partial charge in [-0.3, -0.25) is 4.98 Å². The lowest BCUT2D eigenvalue weighted by Crippen LogP contribution is -2.27. The highest BCUT2D eigenvalue weighted by atomic mass is 14.7. The molecule has 1 fully saturated rings. The summed E-state index contributed by atoms with van der Waals surface area (Å²) in [5.41, 5.74) is 7.67. The average molecular weight is 246 g/mol. The van der Waals surface area contributed by atoms with Gasteiger partial charge < -0.3 is 5.73 Å². The van der Waals surface area contributed by atoms with Crippen LogP contribution in [0.4, 0.5) is 0 Å². The third kappa shape index (κ3) is 3.81. The van der Waals surface area contributed by atoms with Crippen molar-refractivity contribution in [1.29, 1.82) is 0 Å². The van der Waals surface area contributed by atoms with Crippen LogP contribution in [0.1, 0.15) is 63.4 Å². The van der Waals surface area contributed by atoms with E-state index in [1.807, 2.05) is 12.4 Å². The van der Waals surface area contributed by atoms with Gasteiger partial charge in [-0.15, -0.1) is 0 Å². The molecule has 2 rings (SSSR count). The number of nitrogens with zero attached hydrogens (tertiary/aromatic N) is 1. The number of hydrogen-bond donors (Lipinski definition) is 1. The Bertz CT molecular complexity index is 330. The minimum absolute atomic E-state index is 0.286. The number of hydrogen-bond acceptors (Lipinski definition) is 2. The first-order valence-corrected chi connectivity index (χ1v) is 7.43. The second-order valence-electron chi connectivity index (χ2n) is 5.81. The van der Waals surface area contributed by atoms with Gasteiger partial charge in [-0.25, -0.2) is 0 Å². The molecule has 18 heavy (non-hydrogen) atoms. The molecule has 0 aliphatic heterocycles. The van der Waals surface area contributed by atoms with E-state index in [1.165, 1.54) is 44.1 Å². The fraction of sp³-hybridized carbons (Fsp3) is 0.688. The molecule has 1 aromatic heterocycles. The van der Waals surface area contributed by atoms with E-state index >= 15 is 0 Å². The van der Waals surface area contributed by atoms with Crippen LogP contribution in [0.2, 0.25) is 0 Å². The van der Waals surface area contributed by atoms with Crippen molar-refractivity contribution in [2.24, 2.45) is 11.7 Å². The standard InChI is InChI=1S/C16H26N2/c1-13(15-9-11-18-12-10-15)16(17)8-7-14-5-3-2-4-6-14/h9-14,16H,2-8,17H2,1H3. The maximum absolute atomic E-state index is 6.35. The van der Waals surface area contributed by atoms with E-state index in [9.17, 15) is 0 Å². The average Bonchev–Trinajstić information content (AvgIpc) is 2.46. The molecule has 2 heteroatoms. The third-order valence-electron chi connectivity index (χ3n) is 4.51. The molecule has 1 saturated carbocycles. The Balaban J connectivity index is 1.78. The Morgan fingerprint density at radius 1 is 1.22 bits per heavy atom. The molecule has 2 nitrogen and oxygen atoms in total. The van der Waals surface area contributed by atoms with Gasteiger partial charge in [0, 0.05) is 18.4 Å². The van der Waals surface area contributed by atoms with Gasteiger partial charge in [-0.05, 0) is 42.4 Å². The van der Waals surface area contributed by atoms with Crippen LogP contribution in [0.3, 0.4) is 0 Å². The highest BCUT2D eigenvalue weighted by Crippen LogP contribution is 2.29. The monoisotopic (exact) mass is 246 g/mol. The van der Waals surface area contributed by atoms with E-state index in [-0.39, 0.29) is 6.04 Å². The van der Waals surface area contributed by atoms with E-state index in [0.29, 0.717) is 5.92 Å². The van der Waals surface area contributed by atoms with Gasteiger partial charge in [0.2, 0.25) is 0 Å². The van der Waals surface area contributed by atoms with Gasteiger partial charge in [0.15, 0.2) is 0 Å². The summed E-state index contributed by atoms with van der Waals surface area (Å²) in [6, 6.07) is 4.46. The lowest BCUT2D eigenvalue weighted by atomic mass is 9.83. The van der Waals surface area contributed by atoms with Crippen LogP contribution in [-0.2, 0) is 0 Å². The summed E-state index contributed by atoms with van der Waals surface area (Å²) in [7, 11) is 0. The number of rotatable bonds is 5. The first kappa shape index (κ1) is 13.5. The molecule has 0 radical (unpaired) electrons. The maximum atomic E-state index is 6.35.